The van der Waals surface area contributed by atoms with E-state index in [1.54, 1.807) is 0 Å². The molecule has 2 rings (SSSR count). The third-order valence-corrected chi connectivity index (χ3v) is 2.81. The standard InChI is InChI=1S/C9H12O2/c10-9(11)8-4-6-2-1-3-7(6)5-8/h4,7-8H,1-3,5H2,(H,10,11). The molecule has 1 N–H and O–H groups in total. The highest BCUT2D eigenvalue weighted by molar-refractivity contribution is 5.73. The molecule has 2 aliphatic carbocycles. The van der Waals surface area contributed by atoms with Crippen molar-refractivity contribution >= 4 is 5.97 Å². The summed E-state index contributed by atoms with van der Waals surface area (Å²) >= 11 is 0. The van der Waals surface area contributed by atoms with Crippen LogP contribution in [0.2, 0.25) is 0 Å². The fraction of sp³-hybridized carbons (Fsp3) is 0.667. The maximum Gasteiger partial charge on any atom is 0.310 e. The third kappa shape index (κ3) is 1.06. The molecule has 2 unspecified atom stereocenters. The largest absolute Gasteiger partial charge is 0.481 e. The highest BCUT2D eigenvalue weighted by Crippen LogP contribution is 2.41. The average Bonchev–Trinajstić information content (AvgIpc) is 2.40. The summed E-state index contributed by atoms with van der Waals surface area (Å²) in [6.07, 6.45) is 6.47. The van der Waals surface area contributed by atoms with Crippen LogP contribution in [0.25, 0.3) is 0 Å². The molecular weight excluding hydrogens is 140 g/mol. The second-order valence-corrected chi connectivity index (χ2v) is 3.51. The summed E-state index contributed by atoms with van der Waals surface area (Å²) in [6.45, 7) is 0. The molecule has 2 heteroatoms. The molecule has 60 valence electrons. The molecule has 11 heavy (non-hydrogen) atoms. The van der Waals surface area contributed by atoms with Gasteiger partial charge in [0.2, 0.25) is 0 Å². The Morgan fingerprint density at radius 2 is 2.45 bits per heavy atom. The van der Waals surface area contributed by atoms with Crippen molar-refractivity contribution in [2.45, 2.75) is 25.7 Å². The average molecular weight is 152 g/mol. The van der Waals surface area contributed by atoms with E-state index in [1.165, 1.54) is 18.4 Å². The number of aliphatic carboxylic acids is 1. The molecule has 0 aromatic carbocycles. The second kappa shape index (κ2) is 2.36. The van der Waals surface area contributed by atoms with Crippen molar-refractivity contribution in [2.75, 3.05) is 0 Å². The normalized spacial score (nSPS) is 35.1. The van der Waals surface area contributed by atoms with Crippen LogP contribution in [0.4, 0.5) is 0 Å². The van der Waals surface area contributed by atoms with Crippen LogP contribution in [-0.2, 0) is 4.79 Å². The van der Waals surface area contributed by atoms with Crippen molar-refractivity contribution in [3.05, 3.63) is 11.6 Å². The molecule has 0 amide bonds. The van der Waals surface area contributed by atoms with E-state index in [0.29, 0.717) is 5.92 Å². The minimum absolute atomic E-state index is 0.171. The van der Waals surface area contributed by atoms with Crippen LogP contribution in [-0.4, -0.2) is 11.1 Å². The van der Waals surface area contributed by atoms with Gasteiger partial charge in [0.1, 0.15) is 0 Å². The van der Waals surface area contributed by atoms with Gasteiger partial charge in [-0.25, -0.2) is 0 Å². The Hall–Kier alpha value is -0.790. The van der Waals surface area contributed by atoms with Gasteiger partial charge in [-0.05, 0) is 31.6 Å². The Bertz CT molecular complexity index is 218. The third-order valence-electron chi connectivity index (χ3n) is 2.81. The van der Waals surface area contributed by atoms with Gasteiger partial charge in [0, 0.05) is 0 Å². The molecule has 0 aromatic rings. The van der Waals surface area contributed by atoms with Crippen LogP contribution in [0.3, 0.4) is 0 Å². The number of rotatable bonds is 1. The van der Waals surface area contributed by atoms with Gasteiger partial charge in [-0.1, -0.05) is 11.6 Å². The molecule has 0 radical (unpaired) electrons. The van der Waals surface area contributed by atoms with E-state index in [-0.39, 0.29) is 5.92 Å². The number of allylic oxidation sites excluding steroid dienone is 1. The Kier molecular flexibility index (Phi) is 1.48. The molecule has 0 heterocycles. The molecule has 0 saturated heterocycles. The lowest BCUT2D eigenvalue weighted by Gasteiger charge is -2.03. The monoisotopic (exact) mass is 152 g/mol. The highest BCUT2D eigenvalue weighted by Gasteiger charge is 2.32. The number of carboxylic acids is 1. The summed E-state index contributed by atoms with van der Waals surface area (Å²) in [5, 5.41) is 8.72. The van der Waals surface area contributed by atoms with Crippen molar-refractivity contribution in [1.29, 1.82) is 0 Å². The quantitative estimate of drug-likeness (QED) is 0.582. The number of carboxylic acid groups (broad SMARTS) is 1. The van der Waals surface area contributed by atoms with Crippen molar-refractivity contribution in [3.63, 3.8) is 0 Å². The summed E-state index contributed by atoms with van der Waals surface area (Å²) in [7, 11) is 0. The van der Waals surface area contributed by atoms with E-state index in [1.807, 2.05) is 6.08 Å². The lowest BCUT2D eigenvalue weighted by Crippen LogP contribution is -2.09. The molecule has 1 saturated carbocycles. The zero-order valence-electron chi connectivity index (χ0n) is 6.42. The number of hydrogen-bond donors (Lipinski definition) is 1. The Morgan fingerprint density at radius 1 is 1.64 bits per heavy atom. The van der Waals surface area contributed by atoms with Crippen molar-refractivity contribution in [2.24, 2.45) is 11.8 Å². The number of fused-ring (bicyclic) bond motifs is 1. The summed E-state index contributed by atoms with van der Waals surface area (Å²) in [5.41, 5.74) is 1.41. The SMILES string of the molecule is O=C(O)C1C=C2CCCC2C1. The Labute approximate surface area is 65.9 Å². The molecule has 0 spiro atoms. The van der Waals surface area contributed by atoms with Gasteiger partial charge in [-0.3, -0.25) is 4.79 Å². The fourth-order valence-electron chi connectivity index (χ4n) is 2.24. The molecule has 1 fully saturated rings. The van der Waals surface area contributed by atoms with Crippen LogP contribution in [0.1, 0.15) is 25.7 Å². The summed E-state index contributed by atoms with van der Waals surface area (Å²) in [6, 6.07) is 0. The summed E-state index contributed by atoms with van der Waals surface area (Å²) < 4.78 is 0. The van der Waals surface area contributed by atoms with E-state index in [0.717, 1.165) is 12.8 Å². The van der Waals surface area contributed by atoms with E-state index < -0.39 is 5.97 Å². The maximum atomic E-state index is 10.6. The molecule has 0 aromatic heterocycles. The molecule has 0 bridgehead atoms. The highest BCUT2D eigenvalue weighted by atomic mass is 16.4. The zero-order chi connectivity index (χ0) is 7.84. The van der Waals surface area contributed by atoms with Gasteiger partial charge in [0.05, 0.1) is 5.92 Å². The molecular formula is C9H12O2. The van der Waals surface area contributed by atoms with Gasteiger partial charge < -0.3 is 5.11 Å². The van der Waals surface area contributed by atoms with Gasteiger partial charge >= 0.3 is 5.97 Å². The van der Waals surface area contributed by atoms with Gasteiger partial charge in [0.15, 0.2) is 0 Å². The minimum atomic E-state index is -0.646. The van der Waals surface area contributed by atoms with E-state index in [2.05, 4.69) is 0 Å². The lowest BCUT2D eigenvalue weighted by atomic mass is 10.0. The lowest BCUT2D eigenvalue weighted by molar-refractivity contribution is -0.140. The van der Waals surface area contributed by atoms with E-state index >= 15 is 0 Å². The second-order valence-electron chi connectivity index (χ2n) is 3.51. The first kappa shape index (κ1) is 6.89. The Morgan fingerprint density at radius 3 is 3.09 bits per heavy atom. The minimum Gasteiger partial charge on any atom is -0.481 e. The first-order valence-corrected chi connectivity index (χ1v) is 4.21. The van der Waals surface area contributed by atoms with Crippen LogP contribution in [0, 0.1) is 11.8 Å². The maximum absolute atomic E-state index is 10.6. The van der Waals surface area contributed by atoms with Crippen molar-refractivity contribution in [3.8, 4) is 0 Å². The summed E-state index contributed by atoms with van der Waals surface area (Å²) in [4.78, 5) is 10.6. The summed E-state index contributed by atoms with van der Waals surface area (Å²) in [5.74, 6) is -0.196. The smallest absolute Gasteiger partial charge is 0.310 e. The van der Waals surface area contributed by atoms with Crippen molar-refractivity contribution in [1.82, 2.24) is 0 Å². The number of carbonyl (C=O) groups is 1. The molecule has 2 aliphatic rings. The zero-order valence-corrected chi connectivity index (χ0v) is 6.42. The van der Waals surface area contributed by atoms with Crippen LogP contribution < -0.4 is 0 Å². The topological polar surface area (TPSA) is 37.3 Å². The van der Waals surface area contributed by atoms with Gasteiger partial charge in [-0.2, -0.15) is 0 Å². The first-order chi connectivity index (χ1) is 5.27. The molecule has 0 aliphatic heterocycles. The van der Waals surface area contributed by atoms with Crippen LogP contribution in [0.15, 0.2) is 11.6 Å². The van der Waals surface area contributed by atoms with Crippen LogP contribution in [0.5, 0.6) is 0 Å². The van der Waals surface area contributed by atoms with E-state index in [9.17, 15) is 4.79 Å². The van der Waals surface area contributed by atoms with Gasteiger partial charge in [-0.15, -0.1) is 0 Å². The Balaban J connectivity index is 2.13. The van der Waals surface area contributed by atoms with Crippen molar-refractivity contribution < 1.29 is 9.90 Å². The molecule has 2 atom stereocenters. The van der Waals surface area contributed by atoms with Gasteiger partial charge in [0.25, 0.3) is 0 Å². The van der Waals surface area contributed by atoms with Crippen LogP contribution >= 0.6 is 0 Å². The fourth-order valence-corrected chi connectivity index (χ4v) is 2.24. The first-order valence-electron chi connectivity index (χ1n) is 4.21. The number of hydrogen-bond acceptors (Lipinski definition) is 1. The molecule has 2 nitrogen and oxygen atoms in total. The van der Waals surface area contributed by atoms with E-state index in [4.69, 9.17) is 5.11 Å². The predicted octanol–water partition coefficient (Wildman–Crippen LogP) is 1.82. The predicted molar refractivity (Wildman–Crippen MR) is 41.2 cm³/mol.